The van der Waals surface area contributed by atoms with E-state index in [1.165, 1.54) is 11.8 Å². The van der Waals surface area contributed by atoms with Gasteiger partial charge in [-0.1, -0.05) is 0 Å². The number of carbonyl (C=O) groups is 2. The number of hydrogen-bond acceptors (Lipinski definition) is 4. The Morgan fingerprint density at radius 1 is 1.43 bits per heavy atom. The smallest absolute Gasteiger partial charge is 0.225 e. The fourth-order valence-electron chi connectivity index (χ4n) is 2.85. The first-order chi connectivity index (χ1) is 10.0. The molecule has 0 aliphatic carbocycles. The Labute approximate surface area is 127 Å². The largest absolute Gasteiger partial charge is 0.334 e. The molecule has 1 aliphatic heterocycles. The number of fused-ring (bicyclic) bond motifs is 1. The summed E-state index contributed by atoms with van der Waals surface area (Å²) in [5, 5.41) is 1.98. The highest BCUT2D eigenvalue weighted by molar-refractivity contribution is 7.15. The molecule has 3 heterocycles. The number of hydrogen-bond donors (Lipinski definition) is 0. The van der Waals surface area contributed by atoms with Gasteiger partial charge in [0.05, 0.1) is 6.04 Å². The van der Waals surface area contributed by atoms with Crippen LogP contribution in [0.1, 0.15) is 38.4 Å². The third kappa shape index (κ3) is 2.21. The van der Waals surface area contributed by atoms with E-state index in [1.54, 1.807) is 25.3 Å². The predicted octanol–water partition coefficient (Wildman–Crippen LogP) is 2.06. The molecule has 112 valence electrons. The highest BCUT2D eigenvalue weighted by Gasteiger charge is 2.32. The van der Waals surface area contributed by atoms with Gasteiger partial charge in [0.1, 0.15) is 10.5 Å². The number of anilines is 1. The SMILES string of the molecule is CC(=O)N(C)c1nc([C@H]2CCCN2C(C)=O)c2sccn12. The fraction of sp³-hybridized carbons (Fsp3) is 0.500. The molecule has 2 amide bonds. The van der Waals surface area contributed by atoms with Crippen molar-refractivity contribution in [3.8, 4) is 0 Å². The third-order valence-corrected chi connectivity index (χ3v) is 4.90. The van der Waals surface area contributed by atoms with E-state index < -0.39 is 0 Å². The Morgan fingerprint density at radius 2 is 2.19 bits per heavy atom. The molecule has 0 unspecified atom stereocenters. The molecule has 6 nitrogen and oxygen atoms in total. The molecule has 0 radical (unpaired) electrons. The average molecular weight is 306 g/mol. The van der Waals surface area contributed by atoms with E-state index in [2.05, 4.69) is 4.98 Å². The molecule has 0 N–H and O–H groups in total. The van der Waals surface area contributed by atoms with Crippen LogP contribution in [0, 0.1) is 0 Å². The van der Waals surface area contributed by atoms with Crippen molar-refractivity contribution in [2.45, 2.75) is 32.7 Å². The van der Waals surface area contributed by atoms with E-state index in [1.807, 2.05) is 20.9 Å². The molecule has 0 bridgehead atoms. The van der Waals surface area contributed by atoms with Crippen LogP contribution in [0.3, 0.4) is 0 Å². The normalized spacial score (nSPS) is 18.4. The first-order valence-electron chi connectivity index (χ1n) is 6.97. The fourth-order valence-corrected chi connectivity index (χ4v) is 3.72. The van der Waals surface area contributed by atoms with E-state index in [9.17, 15) is 9.59 Å². The van der Waals surface area contributed by atoms with Crippen molar-refractivity contribution in [2.24, 2.45) is 0 Å². The van der Waals surface area contributed by atoms with Crippen LogP contribution in [-0.2, 0) is 9.59 Å². The van der Waals surface area contributed by atoms with Crippen LogP contribution in [0.5, 0.6) is 0 Å². The van der Waals surface area contributed by atoms with E-state index in [0.717, 1.165) is 29.9 Å². The van der Waals surface area contributed by atoms with Gasteiger partial charge in [0.15, 0.2) is 0 Å². The Hall–Kier alpha value is -1.89. The zero-order chi connectivity index (χ0) is 15.1. The summed E-state index contributed by atoms with van der Waals surface area (Å²) in [5.41, 5.74) is 0.904. The van der Waals surface area contributed by atoms with Crippen LogP contribution in [-0.4, -0.2) is 39.7 Å². The number of thiazole rings is 1. The average Bonchev–Trinajstić information content (AvgIpc) is 3.12. The molecule has 0 spiro atoms. The van der Waals surface area contributed by atoms with Crippen molar-refractivity contribution in [3.05, 3.63) is 17.3 Å². The Balaban J connectivity index is 2.09. The van der Waals surface area contributed by atoms with Gasteiger partial charge in [-0.05, 0) is 12.8 Å². The molecular formula is C14H18N4O2S. The Morgan fingerprint density at radius 3 is 2.86 bits per heavy atom. The predicted molar refractivity (Wildman–Crippen MR) is 81.5 cm³/mol. The van der Waals surface area contributed by atoms with Crippen LogP contribution < -0.4 is 4.90 Å². The summed E-state index contributed by atoms with van der Waals surface area (Å²) in [4.78, 5) is 32.5. The van der Waals surface area contributed by atoms with E-state index in [0.29, 0.717) is 5.95 Å². The highest BCUT2D eigenvalue weighted by atomic mass is 32.1. The van der Waals surface area contributed by atoms with Crippen molar-refractivity contribution in [2.75, 3.05) is 18.5 Å². The molecule has 7 heteroatoms. The summed E-state index contributed by atoms with van der Waals surface area (Å²) in [6.07, 6.45) is 3.83. The van der Waals surface area contributed by atoms with Gasteiger partial charge in [0, 0.05) is 39.0 Å². The van der Waals surface area contributed by atoms with Crippen LogP contribution >= 0.6 is 11.3 Å². The van der Waals surface area contributed by atoms with Gasteiger partial charge in [-0.2, -0.15) is 0 Å². The summed E-state index contributed by atoms with van der Waals surface area (Å²) in [7, 11) is 1.72. The second-order valence-corrected chi connectivity index (χ2v) is 6.22. The maximum atomic E-state index is 11.8. The van der Waals surface area contributed by atoms with E-state index in [-0.39, 0.29) is 17.9 Å². The van der Waals surface area contributed by atoms with Gasteiger partial charge in [0.2, 0.25) is 17.8 Å². The first-order valence-corrected chi connectivity index (χ1v) is 7.85. The van der Waals surface area contributed by atoms with Gasteiger partial charge >= 0.3 is 0 Å². The third-order valence-electron chi connectivity index (χ3n) is 4.01. The van der Waals surface area contributed by atoms with Crippen molar-refractivity contribution in [1.82, 2.24) is 14.3 Å². The Kier molecular flexibility index (Phi) is 3.44. The Bertz CT molecular complexity index is 705. The van der Waals surface area contributed by atoms with Gasteiger partial charge in [-0.15, -0.1) is 11.3 Å². The number of imidazole rings is 1. The number of nitrogens with zero attached hydrogens (tertiary/aromatic N) is 4. The molecule has 1 fully saturated rings. The monoisotopic (exact) mass is 306 g/mol. The molecule has 0 aromatic carbocycles. The van der Waals surface area contributed by atoms with Crippen LogP contribution in [0.25, 0.3) is 4.83 Å². The molecule has 2 aromatic rings. The maximum Gasteiger partial charge on any atom is 0.225 e. The van der Waals surface area contributed by atoms with Gasteiger partial charge in [0.25, 0.3) is 0 Å². The lowest BCUT2D eigenvalue weighted by Gasteiger charge is -2.21. The van der Waals surface area contributed by atoms with Crippen molar-refractivity contribution in [1.29, 1.82) is 0 Å². The lowest BCUT2D eigenvalue weighted by atomic mass is 10.1. The number of carbonyl (C=O) groups excluding carboxylic acids is 2. The first kappa shape index (κ1) is 14.1. The second kappa shape index (κ2) is 5.14. The number of aromatic nitrogens is 2. The molecule has 0 saturated carbocycles. The van der Waals surface area contributed by atoms with Gasteiger partial charge < -0.3 is 4.90 Å². The second-order valence-electron chi connectivity index (χ2n) is 5.32. The topological polar surface area (TPSA) is 57.9 Å². The highest BCUT2D eigenvalue weighted by Crippen LogP contribution is 2.37. The summed E-state index contributed by atoms with van der Waals surface area (Å²) in [5.74, 6) is 0.635. The summed E-state index contributed by atoms with van der Waals surface area (Å²) in [6.45, 7) is 3.90. The zero-order valence-corrected chi connectivity index (χ0v) is 13.2. The molecular weight excluding hydrogens is 288 g/mol. The number of likely N-dealkylation sites (tertiary alicyclic amines) is 1. The quantitative estimate of drug-likeness (QED) is 0.853. The van der Waals surface area contributed by atoms with Crippen molar-refractivity contribution in [3.63, 3.8) is 0 Å². The van der Waals surface area contributed by atoms with Crippen LogP contribution in [0.15, 0.2) is 11.6 Å². The van der Waals surface area contributed by atoms with Gasteiger partial charge in [-0.3, -0.25) is 18.9 Å². The van der Waals surface area contributed by atoms with Gasteiger partial charge in [-0.25, -0.2) is 4.98 Å². The number of amides is 2. The minimum Gasteiger partial charge on any atom is -0.334 e. The molecule has 21 heavy (non-hydrogen) atoms. The summed E-state index contributed by atoms with van der Waals surface area (Å²) >= 11 is 1.59. The minimum absolute atomic E-state index is 0.0188. The lowest BCUT2D eigenvalue weighted by molar-refractivity contribution is -0.129. The van der Waals surface area contributed by atoms with E-state index in [4.69, 9.17) is 0 Å². The van der Waals surface area contributed by atoms with Crippen molar-refractivity contribution >= 4 is 33.9 Å². The standard InChI is InChI=1S/C14H18N4O2S/c1-9(19)16(3)14-15-12(13-18(14)7-8-21-13)11-5-4-6-17(11)10(2)20/h7-8,11H,4-6H2,1-3H3/t11-/m1/s1. The molecule has 3 rings (SSSR count). The van der Waals surface area contributed by atoms with Crippen molar-refractivity contribution < 1.29 is 9.59 Å². The van der Waals surface area contributed by atoms with Crippen LogP contribution in [0.2, 0.25) is 0 Å². The zero-order valence-electron chi connectivity index (χ0n) is 12.4. The maximum absolute atomic E-state index is 11.8. The number of rotatable bonds is 2. The summed E-state index contributed by atoms with van der Waals surface area (Å²) in [6, 6.07) is 0.0188. The molecule has 1 aliphatic rings. The lowest BCUT2D eigenvalue weighted by Crippen LogP contribution is -2.28. The summed E-state index contributed by atoms with van der Waals surface area (Å²) < 4.78 is 1.93. The minimum atomic E-state index is -0.0607. The molecule has 1 saturated heterocycles. The molecule has 2 aromatic heterocycles. The molecule has 1 atom stereocenters. The van der Waals surface area contributed by atoms with Crippen LogP contribution in [0.4, 0.5) is 5.95 Å². The van der Waals surface area contributed by atoms with E-state index >= 15 is 0 Å².